The number of fused-ring (bicyclic) bond motifs is 5. The zero-order valence-electron chi connectivity index (χ0n) is 26.7. The van der Waals surface area contributed by atoms with Gasteiger partial charge < -0.3 is 4.74 Å². The number of halogens is 1. The molecule has 3 heteroatoms. The molecule has 0 amide bonds. The summed E-state index contributed by atoms with van der Waals surface area (Å²) >= 11 is 3.71. The summed E-state index contributed by atoms with van der Waals surface area (Å²) < 4.78 is 7.93. The van der Waals surface area contributed by atoms with Crippen LogP contribution in [0.2, 0.25) is 0 Å². The van der Waals surface area contributed by atoms with E-state index in [0.717, 1.165) is 35.8 Å². The van der Waals surface area contributed by atoms with Crippen LogP contribution in [0.1, 0.15) is 124 Å². The lowest BCUT2D eigenvalue weighted by atomic mass is 9.31. The summed E-state index contributed by atoms with van der Waals surface area (Å²) in [5.74, 6) is 3.70. The van der Waals surface area contributed by atoms with Crippen LogP contribution in [-0.4, -0.2) is 18.5 Å². The first-order valence-corrected chi connectivity index (χ1v) is 17.9. The molecule has 6 aliphatic carbocycles. The van der Waals surface area contributed by atoms with E-state index in [1.807, 2.05) is 0 Å². The highest BCUT2D eigenvalue weighted by Crippen LogP contribution is 2.81. The van der Waals surface area contributed by atoms with Gasteiger partial charge in [-0.3, -0.25) is 4.79 Å². The lowest BCUT2D eigenvalue weighted by Crippen LogP contribution is -2.68. The lowest BCUT2D eigenvalue weighted by molar-refractivity contribution is -0.244. The normalized spacial score (nSPS) is 54.1. The molecule has 2 bridgehead atoms. The lowest BCUT2D eigenvalue weighted by Gasteiger charge is -2.73. The molecule has 6 saturated carbocycles. The van der Waals surface area contributed by atoms with Crippen LogP contribution in [0.3, 0.4) is 0 Å². The van der Waals surface area contributed by atoms with E-state index in [1.165, 1.54) is 56.9 Å². The van der Waals surface area contributed by atoms with Crippen molar-refractivity contribution in [3.8, 4) is 0 Å². The quantitative estimate of drug-likeness (QED) is 0.312. The van der Waals surface area contributed by atoms with Gasteiger partial charge in [-0.2, -0.15) is 0 Å². The Labute approximate surface area is 257 Å². The minimum absolute atomic E-state index is 0.164. The molecule has 0 aromatic heterocycles. The van der Waals surface area contributed by atoms with Gasteiger partial charge >= 0.3 is 0 Å². The molecule has 1 spiro atoms. The maximum atomic E-state index is 14.5. The number of carbonyl (C=O) groups excluding carboxylic acids is 1. The summed E-state index contributed by atoms with van der Waals surface area (Å²) in [6.07, 6.45) is 13.3. The Morgan fingerprint density at radius 1 is 0.854 bits per heavy atom. The van der Waals surface area contributed by atoms with Gasteiger partial charge in [0.25, 0.3) is 0 Å². The molecule has 1 aliphatic heterocycles. The van der Waals surface area contributed by atoms with Gasteiger partial charge in [0, 0.05) is 15.3 Å². The molecule has 8 rings (SSSR count). The predicted octanol–water partition coefficient (Wildman–Crippen LogP) is 9.99. The van der Waals surface area contributed by atoms with Gasteiger partial charge in [0.15, 0.2) is 0 Å². The molecule has 1 saturated heterocycles. The van der Waals surface area contributed by atoms with Gasteiger partial charge in [-0.1, -0.05) is 76.5 Å². The van der Waals surface area contributed by atoms with Crippen LogP contribution in [0, 0.1) is 61.6 Å². The first-order chi connectivity index (χ1) is 19.1. The third kappa shape index (κ3) is 3.23. The third-order valence-electron chi connectivity index (χ3n) is 16.3. The Bertz CT molecular complexity index is 1310. The first kappa shape index (κ1) is 27.8. The van der Waals surface area contributed by atoms with E-state index in [9.17, 15) is 4.79 Å². The Kier molecular flexibility index (Phi) is 5.52. The average molecular weight is 622 g/mol. The van der Waals surface area contributed by atoms with Crippen LogP contribution in [0.5, 0.6) is 0 Å². The summed E-state index contributed by atoms with van der Waals surface area (Å²) in [6.45, 7) is 18.9. The van der Waals surface area contributed by atoms with Gasteiger partial charge in [-0.25, -0.2) is 0 Å². The highest BCUT2D eigenvalue weighted by atomic mass is 79.9. The summed E-state index contributed by atoms with van der Waals surface area (Å²) in [7, 11) is 0. The maximum absolute atomic E-state index is 14.5. The molecule has 1 heterocycles. The standard InChI is InChI=1S/C38H53BrO2/c1-32(2)15-17-37-18-16-35(6)25(29(37)30(32)41-22-37)11-12-28-34(5)21-38(20-26(38)23-9-8-10-24(39)19-23)31(40)33(3,4)27(34)13-14-36(28,35)7/h8-10,19,25-30H,11-18,20-22H2,1-7H3/t25-,26+,27+,28+,29-,30+,34-,35+,36+,37+,38+/m0/s1. The fourth-order valence-corrected chi connectivity index (χ4v) is 14.7. The Hall–Kier alpha value is -0.670. The molecular formula is C38H53BrO2. The number of ketones is 1. The minimum Gasteiger partial charge on any atom is -0.377 e. The molecule has 7 fully saturated rings. The van der Waals surface area contributed by atoms with Gasteiger partial charge in [-0.15, -0.1) is 0 Å². The van der Waals surface area contributed by atoms with Crippen molar-refractivity contribution in [2.45, 2.75) is 125 Å². The van der Waals surface area contributed by atoms with Gasteiger partial charge in [0.1, 0.15) is 5.78 Å². The molecule has 1 aromatic rings. The Morgan fingerprint density at radius 2 is 1.61 bits per heavy atom. The van der Waals surface area contributed by atoms with Crippen molar-refractivity contribution in [2.24, 2.45) is 61.6 Å². The minimum atomic E-state index is -0.246. The molecule has 0 N–H and O–H groups in total. The van der Waals surface area contributed by atoms with E-state index in [1.54, 1.807) is 0 Å². The number of benzene rings is 1. The number of ether oxygens (including phenoxy) is 1. The maximum Gasteiger partial charge on any atom is 0.145 e. The van der Waals surface area contributed by atoms with E-state index < -0.39 is 0 Å². The van der Waals surface area contributed by atoms with Crippen LogP contribution in [0.15, 0.2) is 28.7 Å². The number of carbonyl (C=O) groups is 1. The zero-order valence-corrected chi connectivity index (χ0v) is 28.3. The Morgan fingerprint density at radius 3 is 2.37 bits per heavy atom. The fraction of sp³-hybridized carbons (Fsp3) is 0.816. The first-order valence-electron chi connectivity index (χ1n) is 17.1. The molecule has 0 radical (unpaired) electrons. The van der Waals surface area contributed by atoms with E-state index >= 15 is 0 Å². The van der Waals surface area contributed by atoms with Crippen LogP contribution in [-0.2, 0) is 9.53 Å². The van der Waals surface area contributed by atoms with Crippen LogP contribution < -0.4 is 0 Å². The fourth-order valence-electron chi connectivity index (χ4n) is 14.2. The molecule has 7 aliphatic rings. The number of hydrogen-bond acceptors (Lipinski definition) is 2. The van der Waals surface area contributed by atoms with E-state index in [2.05, 4.69) is 88.7 Å². The molecule has 41 heavy (non-hydrogen) atoms. The molecular weight excluding hydrogens is 568 g/mol. The van der Waals surface area contributed by atoms with Crippen molar-refractivity contribution >= 4 is 21.7 Å². The van der Waals surface area contributed by atoms with Crippen LogP contribution in [0.25, 0.3) is 0 Å². The second-order valence-corrected chi connectivity index (χ2v) is 19.4. The summed E-state index contributed by atoms with van der Waals surface area (Å²) in [4.78, 5) is 14.5. The second kappa shape index (κ2) is 8.13. The van der Waals surface area contributed by atoms with Crippen LogP contribution in [0.4, 0.5) is 0 Å². The third-order valence-corrected chi connectivity index (χ3v) is 16.8. The van der Waals surface area contributed by atoms with Crippen molar-refractivity contribution in [3.05, 3.63) is 34.3 Å². The van der Waals surface area contributed by atoms with Crippen molar-refractivity contribution in [2.75, 3.05) is 6.61 Å². The van der Waals surface area contributed by atoms with Gasteiger partial charge in [-0.05, 0) is 139 Å². The molecule has 0 unspecified atom stereocenters. The summed E-state index contributed by atoms with van der Waals surface area (Å²) in [6, 6.07) is 8.84. The average Bonchev–Trinajstić information content (AvgIpc) is 3.51. The smallest absolute Gasteiger partial charge is 0.145 e. The molecule has 11 atom stereocenters. The SMILES string of the molecule is CC1(C)CC[C@]23CC[C@]4(C)[C@@H](CC[C@@H]5[C@@]6(C)C[C@@]7(C[C@@H]7c7cccc(Br)c7)C(=O)C(C)(C)[C@H]6CC[C@]54C)[C@H]2[C@H]1OC3. The van der Waals surface area contributed by atoms with Crippen molar-refractivity contribution in [1.29, 1.82) is 0 Å². The van der Waals surface area contributed by atoms with Crippen molar-refractivity contribution in [3.63, 3.8) is 0 Å². The van der Waals surface area contributed by atoms with Crippen molar-refractivity contribution < 1.29 is 9.53 Å². The largest absolute Gasteiger partial charge is 0.377 e. The Balaban J connectivity index is 1.18. The number of rotatable bonds is 1. The molecule has 224 valence electrons. The van der Waals surface area contributed by atoms with Crippen molar-refractivity contribution in [1.82, 2.24) is 0 Å². The van der Waals surface area contributed by atoms with E-state index in [4.69, 9.17) is 4.74 Å². The van der Waals surface area contributed by atoms with E-state index in [-0.39, 0.29) is 16.2 Å². The molecule has 2 nitrogen and oxygen atoms in total. The monoisotopic (exact) mass is 620 g/mol. The number of hydrogen-bond donors (Lipinski definition) is 0. The topological polar surface area (TPSA) is 26.3 Å². The van der Waals surface area contributed by atoms with Crippen LogP contribution >= 0.6 is 15.9 Å². The summed E-state index contributed by atoms with van der Waals surface area (Å²) in [5.41, 5.74) is 2.63. The zero-order chi connectivity index (χ0) is 29.0. The number of Topliss-reactive ketones (excluding diaryl/α,β-unsaturated/α-hetero) is 1. The predicted molar refractivity (Wildman–Crippen MR) is 169 cm³/mol. The second-order valence-electron chi connectivity index (χ2n) is 18.5. The molecule has 1 aromatic carbocycles. The van der Waals surface area contributed by atoms with E-state index in [0.29, 0.717) is 51.3 Å². The highest BCUT2D eigenvalue weighted by Gasteiger charge is 2.77. The van der Waals surface area contributed by atoms with Gasteiger partial charge in [0.2, 0.25) is 0 Å². The van der Waals surface area contributed by atoms with Gasteiger partial charge in [0.05, 0.1) is 12.7 Å². The summed E-state index contributed by atoms with van der Waals surface area (Å²) in [5, 5.41) is 0. The highest BCUT2D eigenvalue weighted by molar-refractivity contribution is 9.10.